The Balaban J connectivity index is 1.24. The van der Waals surface area contributed by atoms with E-state index in [1.807, 2.05) is 12.1 Å². The number of hydrogen-bond acceptors (Lipinski definition) is 7. The summed E-state index contributed by atoms with van der Waals surface area (Å²) in [6, 6.07) is 7.55. The van der Waals surface area contributed by atoms with E-state index in [0.717, 1.165) is 62.8 Å². The van der Waals surface area contributed by atoms with Gasteiger partial charge in [-0.25, -0.2) is 0 Å². The summed E-state index contributed by atoms with van der Waals surface area (Å²) in [5.74, 6) is 3.83. The standard InChI is InChI=1S/C27H36Cl2N8O/c1-18(22-6-5-21(28)14-23(22)29)33-25-15-24(34-27-31-17-32-37(25)27)36-12-7-19(8-13-36)20-4-3-10-35(16-20)11-9-26(38)30-2/h5-6,14-15,17-20,33H,3-4,7-13,16H2,1-2H3,(H,30,38)/t18-,20+/m1/s1. The SMILES string of the molecule is CNC(=O)CCN1CCC[C@H](C2CCN(c3cc(N[C@H](C)c4ccc(Cl)cc4Cl)n4ncnc4n3)CC2)C1. The van der Waals surface area contributed by atoms with Crippen LogP contribution in [-0.4, -0.2) is 70.2 Å². The number of nitrogens with zero attached hydrogens (tertiary/aromatic N) is 6. The summed E-state index contributed by atoms with van der Waals surface area (Å²) in [6.07, 6.45) is 6.90. The minimum Gasteiger partial charge on any atom is -0.363 e. The number of nitrogens with one attached hydrogen (secondary N) is 2. The number of piperidine rings is 2. The zero-order valence-electron chi connectivity index (χ0n) is 22.0. The molecule has 1 aromatic carbocycles. The van der Waals surface area contributed by atoms with Crippen LogP contribution in [0.2, 0.25) is 10.0 Å². The summed E-state index contributed by atoms with van der Waals surface area (Å²) in [4.78, 5) is 25.7. The van der Waals surface area contributed by atoms with Crippen LogP contribution in [-0.2, 0) is 4.79 Å². The Hall–Kier alpha value is -2.62. The first-order valence-corrected chi connectivity index (χ1v) is 14.3. The Kier molecular flexibility index (Phi) is 8.55. The lowest BCUT2D eigenvalue weighted by molar-refractivity contribution is -0.121. The Bertz CT molecular complexity index is 1260. The summed E-state index contributed by atoms with van der Waals surface area (Å²) in [7, 11) is 1.71. The number of rotatable bonds is 8. The zero-order chi connectivity index (χ0) is 26.6. The van der Waals surface area contributed by atoms with E-state index in [1.54, 1.807) is 17.6 Å². The van der Waals surface area contributed by atoms with Gasteiger partial charge in [-0.2, -0.15) is 19.6 Å². The van der Waals surface area contributed by atoms with Gasteiger partial charge in [0.15, 0.2) is 0 Å². The molecule has 1 amide bonds. The van der Waals surface area contributed by atoms with Crippen LogP contribution < -0.4 is 15.5 Å². The van der Waals surface area contributed by atoms with Crippen molar-refractivity contribution in [2.24, 2.45) is 11.8 Å². The lowest BCUT2D eigenvalue weighted by Crippen LogP contribution is -2.43. The summed E-state index contributed by atoms with van der Waals surface area (Å²) in [6.45, 7) is 7.05. The van der Waals surface area contributed by atoms with Crippen molar-refractivity contribution in [3.63, 3.8) is 0 Å². The van der Waals surface area contributed by atoms with E-state index in [2.05, 4.69) is 43.5 Å². The quantitative estimate of drug-likeness (QED) is 0.415. The fourth-order valence-corrected chi connectivity index (χ4v) is 6.45. The van der Waals surface area contributed by atoms with Gasteiger partial charge in [0.05, 0.1) is 6.04 Å². The molecule has 0 radical (unpaired) electrons. The monoisotopic (exact) mass is 558 g/mol. The van der Waals surface area contributed by atoms with Gasteiger partial charge in [-0.1, -0.05) is 29.3 Å². The van der Waals surface area contributed by atoms with Gasteiger partial charge in [-0.15, -0.1) is 0 Å². The molecule has 38 heavy (non-hydrogen) atoms. The molecule has 0 unspecified atom stereocenters. The molecule has 11 heteroatoms. The molecule has 0 spiro atoms. The van der Waals surface area contributed by atoms with Gasteiger partial charge in [-0.05, 0) is 68.7 Å². The molecule has 204 valence electrons. The van der Waals surface area contributed by atoms with Gasteiger partial charge in [0.1, 0.15) is 18.0 Å². The highest BCUT2D eigenvalue weighted by Gasteiger charge is 2.31. The van der Waals surface area contributed by atoms with Crippen molar-refractivity contribution in [1.29, 1.82) is 0 Å². The molecule has 2 N–H and O–H groups in total. The normalized spacial score (nSPS) is 20.0. The average molecular weight is 560 g/mol. The summed E-state index contributed by atoms with van der Waals surface area (Å²) in [5.41, 5.74) is 0.959. The number of fused-ring (bicyclic) bond motifs is 1. The van der Waals surface area contributed by atoms with Crippen molar-refractivity contribution in [2.45, 2.75) is 45.1 Å². The maximum absolute atomic E-state index is 11.7. The molecule has 5 rings (SSSR count). The number of likely N-dealkylation sites (tertiary alicyclic amines) is 1. The van der Waals surface area contributed by atoms with Crippen LogP contribution in [0.1, 0.15) is 50.6 Å². The number of halogens is 2. The average Bonchev–Trinajstić information content (AvgIpc) is 3.41. The lowest BCUT2D eigenvalue weighted by atomic mass is 9.79. The van der Waals surface area contributed by atoms with E-state index < -0.39 is 0 Å². The second kappa shape index (κ2) is 12.1. The second-order valence-electron chi connectivity index (χ2n) is 10.5. The molecule has 0 saturated carbocycles. The lowest BCUT2D eigenvalue weighted by Gasteiger charge is -2.41. The Morgan fingerprint density at radius 2 is 1.95 bits per heavy atom. The fraction of sp³-hybridized carbons (Fsp3) is 0.556. The number of benzene rings is 1. The smallest absolute Gasteiger partial charge is 0.256 e. The third-order valence-electron chi connectivity index (χ3n) is 8.04. The minimum atomic E-state index is -0.0641. The van der Waals surface area contributed by atoms with Crippen LogP contribution in [0.15, 0.2) is 30.6 Å². The van der Waals surface area contributed by atoms with Gasteiger partial charge in [0, 0.05) is 55.8 Å². The van der Waals surface area contributed by atoms with Crippen molar-refractivity contribution in [2.75, 3.05) is 50.0 Å². The van der Waals surface area contributed by atoms with Gasteiger partial charge in [0.25, 0.3) is 5.78 Å². The van der Waals surface area contributed by atoms with E-state index in [1.165, 1.54) is 19.2 Å². The van der Waals surface area contributed by atoms with Crippen LogP contribution in [0.4, 0.5) is 11.6 Å². The van der Waals surface area contributed by atoms with E-state index >= 15 is 0 Å². The Morgan fingerprint density at radius 1 is 1.13 bits per heavy atom. The maximum atomic E-state index is 11.7. The topological polar surface area (TPSA) is 90.7 Å². The largest absolute Gasteiger partial charge is 0.363 e. The summed E-state index contributed by atoms with van der Waals surface area (Å²) < 4.78 is 1.73. The number of carbonyl (C=O) groups excluding carboxylic acids is 1. The van der Waals surface area contributed by atoms with Crippen LogP contribution >= 0.6 is 23.2 Å². The number of carbonyl (C=O) groups is 1. The summed E-state index contributed by atoms with van der Waals surface area (Å²) in [5, 5.41) is 11.9. The molecule has 2 fully saturated rings. The first kappa shape index (κ1) is 27.0. The van der Waals surface area contributed by atoms with Crippen molar-refractivity contribution in [3.05, 3.63) is 46.2 Å². The van der Waals surface area contributed by atoms with Gasteiger partial charge in [-0.3, -0.25) is 4.79 Å². The molecule has 9 nitrogen and oxygen atoms in total. The fourth-order valence-electron chi connectivity index (χ4n) is 5.88. The highest BCUT2D eigenvalue weighted by atomic mass is 35.5. The number of amides is 1. The molecule has 2 aromatic heterocycles. The van der Waals surface area contributed by atoms with Crippen LogP contribution in [0.25, 0.3) is 5.78 Å². The van der Waals surface area contributed by atoms with Crippen LogP contribution in [0.3, 0.4) is 0 Å². The van der Waals surface area contributed by atoms with Gasteiger partial charge >= 0.3 is 0 Å². The zero-order valence-corrected chi connectivity index (χ0v) is 23.5. The predicted molar refractivity (Wildman–Crippen MR) is 152 cm³/mol. The van der Waals surface area contributed by atoms with E-state index in [-0.39, 0.29) is 11.9 Å². The number of hydrogen-bond donors (Lipinski definition) is 2. The van der Waals surface area contributed by atoms with Crippen LogP contribution in [0.5, 0.6) is 0 Å². The van der Waals surface area contributed by atoms with Crippen molar-refractivity contribution in [1.82, 2.24) is 29.8 Å². The van der Waals surface area contributed by atoms with E-state index in [0.29, 0.717) is 34.1 Å². The molecule has 3 aromatic rings. The first-order chi connectivity index (χ1) is 18.4. The third kappa shape index (κ3) is 6.16. The molecule has 2 aliphatic rings. The molecular weight excluding hydrogens is 523 g/mol. The number of aromatic nitrogens is 4. The van der Waals surface area contributed by atoms with Crippen molar-refractivity contribution < 1.29 is 4.79 Å². The highest BCUT2D eigenvalue weighted by Crippen LogP contribution is 2.34. The van der Waals surface area contributed by atoms with Gasteiger partial charge in [0.2, 0.25) is 5.91 Å². The third-order valence-corrected chi connectivity index (χ3v) is 8.60. The van der Waals surface area contributed by atoms with E-state index in [4.69, 9.17) is 28.2 Å². The molecule has 2 aliphatic heterocycles. The first-order valence-electron chi connectivity index (χ1n) is 13.5. The van der Waals surface area contributed by atoms with E-state index in [9.17, 15) is 4.79 Å². The maximum Gasteiger partial charge on any atom is 0.256 e. The second-order valence-corrected chi connectivity index (χ2v) is 11.3. The molecule has 2 atom stereocenters. The van der Waals surface area contributed by atoms with Crippen molar-refractivity contribution >= 4 is 46.5 Å². The predicted octanol–water partition coefficient (Wildman–Crippen LogP) is 4.67. The molecule has 4 heterocycles. The molecule has 2 saturated heterocycles. The molecule has 0 aliphatic carbocycles. The highest BCUT2D eigenvalue weighted by molar-refractivity contribution is 6.35. The number of anilines is 2. The Morgan fingerprint density at radius 3 is 2.71 bits per heavy atom. The molecule has 0 bridgehead atoms. The Labute approximate surface area is 233 Å². The van der Waals surface area contributed by atoms with Gasteiger partial charge < -0.3 is 20.4 Å². The van der Waals surface area contributed by atoms with Crippen molar-refractivity contribution in [3.8, 4) is 0 Å². The summed E-state index contributed by atoms with van der Waals surface area (Å²) >= 11 is 12.6. The minimum absolute atomic E-state index is 0.0641. The van der Waals surface area contributed by atoms with Crippen LogP contribution in [0, 0.1) is 11.8 Å². The molecular formula is C27H36Cl2N8O.